The molecule has 0 aliphatic heterocycles. The Bertz CT molecular complexity index is 273. The molecule has 0 radical (unpaired) electrons. The molecule has 1 heteroatoms. The molecule has 1 nitrogen and oxygen atoms in total. The summed E-state index contributed by atoms with van der Waals surface area (Å²) in [6.45, 7) is 9.26. The van der Waals surface area contributed by atoms with Gasteiger partial charge in [0.05, 0.1) is 0 Å². The van der Waals surface area contributed by atoms with Crippen LogP contribution in [0.15, 0.2) is 12.3 Å². The number of hydrogen-bond acceptors (Lipinski definition) is 1. The number of hydrogen-bond donors (Lipinski definition) is 1. The second-order valence-corrected chi connectivity index (χ2v) is 8.40. The summed E-state index contributed by atoms with van der Waals surface area (Å²) in [5, 5.41) is 3.88. The molecule has 0 fully saturated rings. The first-order valence-corrected chi connectivity index (χ1v) is 12.2. The topological polar surface area (TPSA) is 12.0 Å². The van der Waals surface area contributed by atoms with Gasteiger partial charge in [-0.15, -0.1) is 0 Å². The predicted molar refractivity (Wildman–Crippen MR) is 121 cm³/mol. The van der Waals surface area contributed by atoms with E-state index in [2.05, 4.69) is 45.3 Å². The Labute approximate surface area is 166 Å². The van der Waals surface area contributed by atoms with Crippen LogP contribution in [0.3, 0.4) is 0 Å². The summed E-state index contributed by atoms with van der Waals surface area (Å²) in [5.74, 6) is 0. The molecular formula is C25H51N. The molecule has 0 spiro atoms. The van der Waals surface area contributed by atoms with Gasteiger partial charge in [-0.25, -0.2) is 0 Å². The van der Waals surface area contributed by atoms with Gasteiger partial charge in [-0.1, -0.05) is 117 Å². The molecule has 0 bridgehead atoms. The van der Waals surface area contributed by atoms with Crippen molar-refractivity contribution in [2.75, 3.05) is 0 Å². The molecule has 0 aromatic carbocycles. The quantitative estimate of drug-likeness (QED) is 0.212. The normalized spacial score (nSPS) is 12.2. The minimum Gasteiger partial charge on any atom is -0.386 e. The number of unbranched alkanes of at least 4 members (excludes halogenated alkanes) is 11. The summed E-state index contributed by atoms with van der Waals surface area (Å²) < 4.78 is 0. The highest BCUT2D eigenvalue weighted by Crippen LogP contribution is 2.27. The molecule has 1 N–H and O–H groups in total. The largest absolute Gasteiger partial charge is 0.386 e. The third-order valence-electron chi connectivity index (χ3n) is 5.76. The molecule has 0 unspecified atom stereocenters. The molecule has 26 heavy (non-hydrogen) atoms. The van der Waals surface area contributed by atoms with Crippen LogP contribution in [0.25, 0.3) is 0 Å². The Morgan fingerprint density at radius 1 is 0.538 bits per heavy atom. The zero-order chi connectivity index (χ0) is 19.3. The van der Waals surface area contributed by atoms with Gasteiger partial charge in [0.1, 0.15) is 0 Å². The van der Waals surface area contributed by atoms with E-state index in [-0.39, 0.29) is 0 Å². The van der Waals surface area contributed by atoms with Gasteiger partial charge in [-0.2, -0.15) is 0 Å². The highest BCUT2D eigenvalue weighted by Gasteiger charge is 2.26. The highest BCUT2D eigenvalue weighted by molar-refractivity contribution is 4.94. The first-order valence-electron chi connectivity index (χ1n) is 12.2. The van der Waals surface area contributed by atoms with Crippen LogP contribution in [0.2, 0.25) is 0 Å². The van der Waals surface area contributed by atoms with Crippen molar-refractivity contribution in [2.45, 2.75) is 149 Å². The van der Waals surface area contributed by atoms with E-state index in [0.717, 1.165) is 0 Å². The fraction of sp³-hybridized carbons (Fsp3) is 0.920. The summed E-state index contributed by atoms with van der Waals surface area (Å²) >= 11 is 0. The van der Waals surface area contributed by atoms with Gasteiger partial charge in [0, 0.05) is 5.54 Å². The van der Waals surface area contributed by atoms with Gasteiger partial charge in [-0.05, 0) is 38.3 Å². The van der Waals surface area contributed by atoms with Gasteiger partial charge < -0.3 is 5.32 Å². The molecule has 0 aliphatic carbocycles. The molecule has 0 aromatic rings. The van der Waals surface area contributed by atoms with Crippen molar-refractivity contribution in [3.8, 4) is 0 Å². The van der Waals surface area contributed by atoms with E-state index < -0.39 is 0 Å². The third-order valence-corrected chi connectivity index (χ3v) is 5.76. The number of nitrogens with one attached hydrogen (secondary N) is 1. The number of allylic oxidation sites excluding steroid dienone is 1. The fourth-order valence-corrected chi connectivity index (χ4v) is 3.85. The van der Waals surface area contributed by atoms with Gasteiger partial charge in [0.25, 0.3) is 0 Å². The van der Waals surface area contributed by atoms with Crippen molar-refractivity contribution in [2.24, 2.45) is 0 Å². The second kappa shape index (κ2) is 19.3. The molecule has 0 aliphatic rings. The number of rotatable bonds is 20. The van der Waals surface area contributed by atoms with Gasteiger partial charge in [-0.3, -0.25) is 0 Å². The maximum Gasteiger partial charge on any atom is 0.0368 e. The van der Waals surface area contributed by atoms with Crippen molar-refractivity contribution in [1.82, 2.24) is 5.32 Å². The van der Waals surface area contributed by atoms with Crippen molar-refractivity contribution < 1.29 is 0 Å². The van der Waals surface area contributed by atoms with E-state index in [1.807, 2.05) is 0 Å². The Balaban J connectivity index is 4.12. The molecule has 0 atom stereocenters. The van der Waals surface area contributed by atoms with E-state index in [0.29, 0.717) is 5.54 Å². The Morgan fingerprint density at radius 2 is 0.962 bits per heavy atom. The Morgan fingerprint density at radius 3 is 1.42 bits per heavy atom. The summed E-state index contributed by atoms with van der Waals surface area (Å²) in [7, 11) is 0. The van der Waals surface area contributed by atoms with Crippen molar-refractivity contribution in [1.29, 1.82) is 0 Å². The lowest BCUT2D eigenvalue weighted by Crippen LogP contribution is -2.42. The molecule has 0 saturated heterocycles. The third kappa shape index (κ3) is 14.7. The second-order valence-electron chi connectivity index (χ2n) is 8.40. The zero-order valence-electron chi connectivity index (χ0n) is 18.9. The van der Waals surface area contributed by atoms with Gasteiger partial charge >= 0.3 is 0 Å². The van der Waals surface area contributed by atoms with Crippen LogP contribution < -0.4 is 5.32 Å². The standard InChI is InChI=1S/C25H51N/c1-5-9-13-14-15-16-17-18-19-20-24-26-25(21-10-6-2,22-11-7-3)23-12-8-4/h20,24,26H,5-19,21-23H2,1-4H3/b24-20+. The van der Waals surface area contributed by atoms with Crippen molar-refractivity contribution >= 4 is 0 Å². The van der Waals surface area contributed by atoms with Crippen LogP contribution in [0.1, 0.15) is 143 Å². The minimum absolute atomic E-state index is 0.359. The highest BCUT2D eigenvalue weighted by atomic mass is 14.9. The summed E-state index contributed by atoms with van der Waals surface area (Å²) in [4.78, 5) is 0. The van der Waals surface area contributed by atoms with E-state index >= 15 is 0 Å². The Kier molecular flexibility index (Phi) is 19.0. The lowest BCUT2D eigenvalue weighted by atomic mass is 9.82. The summed E-state index contributed by atoms with van der Waals surface area (Å²) in [5.41, 5.74) is 0.359. The molecule has 0 amide bonds. The van der Waals surface area contributed by atoms with E-state index in [9.17, 15) is 0 Å². The minimum atomic E-state index is 0.359. The van der Waals surface area contributed by atoms with E-state index in [4.69, 9.17) is 0 Å². The van der Waals surface area contributed by atoms with Crippen LogP contribution in [0.5, 0.6) is 0 Å². The maximum absolute atomic E-state index is 3.88. The van der Waals surface area contributed by atoms with Crippen LogP contribution >= 0.6 is 0 Å². The average molecular weight is 366 g/mol. The van der Waals surface area contributed by atoms with E-state index in [1.165, 1.54) is 116 Å². The lowest BCUT2D eigenvalue weighted by molar-refractivity contribution is 0.269. The molecule has 0 rings (SSSR count). The van der Waals surface area contributed by atoms with Gasteiger partial charge in [0.2, 0.25) is 0 Å². The monoisotopic (exact) mass is 365 g/mol. The first-order chi connectivity index (χ1) is 12.7. The fourth-order valence-electron chi connectivity index (χ4n) is 3.85. The molecule has 0 heterocycles. The van der Waals surface area contributed by atoms with Crippen molar-refractivity contribution in [3.63, 3.8) is 0 Å². The first kappa shape index (κ1) is 25.5. The maximum atomic E-state index is 3.88. The zero-order valence-corrected chi connectivity index (χ0v) is 18.9. The molecule has 156 valence electrons. The van der Waals surface area contributed by atoms with E-state index in [1.54, 1.807) is 0 Å². The molecule has 0 aromatic heterocycles. The SMILES string of the molecule is CCCCCCCCCC/C=C/NC(CCCC)(CCCC)CCCC. The molecular weight excluding hydrogens is 314 g/mol. The summed E-state index contributed by atoms with van der Waals surface area (Å²) in [6.07, 6.45) is 29.2. The summed E-state index contributed by atoms with van der Waals surface area (Å²) in [6, 6.07) is 0. The average Bonchev–Trinajstić information content (AvgIpc) is 2.66. The predicted octanol–water partition coefficient (Wildman–Crippen LogP) is 8.93. The van der Waals surface area contributed by atoms with Crippen LogP contribution in [-0.2, 0) is 0 Å². The molecule has 0 saturated carbocycles. The smallest absolute Gasteiger partial charge is 0.0368 e. The van der Waals surface area contributed by atoms with Crippen molar-refractivity contribution in [3.05, 3.63) is 12.3 Å². The van der Waals surface area contributed by atoms with Crippen LogP contribution in [0, 0.1) is 0 Å². The Hall–Kier alpha value is -0.460. The lowest BCUT2D eigenvalue weighted by Gasteiger charge is -2.35. The van der Waals surface area contributed by atoms with Gasteiger partial charge in [0.15, 0.2) is 0 Å². The van der Waals surface area contributed by atoms with Crippen LogP contribution in [-0.4, -0.2) is 5.54 Å². The van der Waals surface area contributed by atoms with Crippen LogP contribution in [0.4, 0.5) is 0 Å².